The largest absolute Gasteiger partial charge is 0.481 e. The van der Waals surface area contributed by atoms with Crippen LogP contribution in [0.15, 0.2) is 0 Å². The van der Waals surface area contributed by atoms with Crippen molar-refractivity contribution < 1.29 is 9.90 Å². The van der Waals surface area contributed by atoms with Gasteiger partial charge in [0.2, 0.25) is 0 Å². The first-order chi connectivity index (χ1) is 6.08. The fourth-order valence-electron chi connectivity index (χ4n) is 1.89. The average Bonchev–Trinajstić information content (AvgIpc) is 1.99. The highest BCUT2D eigenvalue weighted by atomic mass is 16.4. The molecular weight excluding hydrogens is 166 g/mol. The van der Waals surface area contributed by atoms with Crippen molar-refractivity contribution in [3.63, 3.8) is 0 Å². The fraction of sp³-hybridized carbons (Fsp3) is 0.900. The third kappa shape index (κ3) is 2.69. The van der Waals surface area contributed by atoms with Gasteiger partial charge in [-0.2, -0.15) is 0 Å². The van der Waals surface area contributed by atoms with Crippen LogP contribution in [0.1, 0.15) is 46.0 Å². The van der Waals surface area contributed by atoms with Crippen molar-refractivity contribution in [3.8, 4) is 0 Å². The van der Waals surface area contributed by atoms with Crippen molar-refractivity contribution in [1.29, 1.82) is 0 Å². The van der Waals surface area contributed by atoms with Gasteiger partial charge < -0.3 is 10.4 Å². The smallest absolute Gasteiger partial charge is 0.305 e. The third-order valence-electron chi connectivity index (χ3n) is 2.97. The van der Waals surface area contributed by atoms with E-state index >= 15 is 0 Å². The molecule has 0 aromatic heterocycles. The first-order valence-electron chi connectivity index (χ1n) is 5.07. The maximum absolute atomic E-state index is 10.6. The minimum absolute atomic E-state index is 0.0821. The summed E-state index contributed by atoms with van der Waals surface area (Å²) in [6.07, 6.45) is 4.53. The van der Waals surface area contributed by atoms with Crippen LogP contribution in [-0.4, -0.2) is 22.7 Å². The van der Waals surface area contributed by atoms with E-state index in [9.17, 15) is 4.79 Å². The Hall–Kier alpha value is -0.570. The molecule has 1 unspecified atom stereocenters. The second kappa shape index (κ2) is 4.09. The summed E-state index contributed by atoms with van der Waals surface area (Å²) in [6, 6.07) is 0.430. The zero-order chi connectivity index (χ0) is 9.90. The highest BCUT2D eigenvalue weighted by Crippen LogP contribution is 2.35. The quantitative estimate of drug-likeness (QED) is 0.686. The van der Waals surface area contributed by atoms with Crippen molar-refractivity contribution in [2.75, 3.05) is 0 Å². The van der Waals surface area contributed by atoms with Crippen LogP contribution in [0.2, 0.25) is 0 Å². The van der Waals surface area contributed by atoms with Crippen LogP contribution in [-0.2, 0) is 4.79 Å². The van der Waals surface area contributed by atoms with Crippen molar-refractivity contribution in [1.82, 2.24) is 5.32 Å². The van der Waals surface area contributed by atoms with Gasteiger partial charge in [-0.3, -0.25) is 4.79 Å². The standard InChI is InChI=1S/C10H19NO2/c1-3-8(2)11-10(5-4-6-10)7-9(12)13/h8,11H,3-7H2,1-2H3,(H,12,13). The molecule has 0 heterocycles. The first-order valence-corrected chi connectivity index (χ1v) is 5.07. The van der Waals surface area contributed by atoms with E-state index < -0.39 is 5.97 Å². The number of hydrogen-bond acceptors (Lipinski definition) is 2. The maximum atomic E-state index is 10.6. The molecule has 1 aliphatic rings. The van der Waals surface area contributed by atoms with Gasteiger partial charge in [0.1, 0.15) is 0 Å². The van der Waals surface area contributed by atoms with Gasteiger partial charge in [0.25, 0.3) is 0 Å². The predicted octanol–water partition coefficient (Wildman–Crippen LogP) is 1.77. The Kier molecular flexibility index (Phi) is 3.31. The molecule has 0 aromatic carbocycles. The molecule has 0 saturated heterocycles. The molecule has 0 bridgehead atoms. The molecule has 3 heteroatoms. The van der Waals surface area contributed by atoms with Crippen LogP contribution in [0.5, 0.6) is 0 Å². The lowest BCUT2D eigenvalue weighted by Crippen LogP contribution is -2.55. The molecule has 1 rings (SSSR count). The summed E-state index contributed by atoms with van der Waals surface area (Å²) >= 11 is 0. The van der Waals surface area contributed by atoms with Crippen molar-refractivity contribution in [3.05, 3.63) is 0 Å². The molecule has 2 N–H and O–H groups in total. The number of hydrogen-bond donors (Lipinski definition) is 2. The van der Waals surface area contributed by atoms with Crippen LogP contribution in [0, 0.1) is 0 Å². The van der Waals surface area contributed by atoms with Crippen molar-refractivity contribution >= 4 is 5.97 Å². The number of aliphatic carboxylic acids is 1. The molecular formula is C10H19NO2. The molecule has 0 amide bonds. The summed E-state index contributed by atoms with van der Waals surface area (Å²) in [4.78, 5) is 10.6. The van der Waals surface area contributed by atoms with E-state index in [2.05, 4.69) is 19.2 Å². The number of carbonyl (C=O) groups is 1. The van der Waals surface area contributed by atoms with Gasteiger partial charge in [0, 0.05) is 11.6 Å². The minimum atomic E-state index is -0.685. The lowest BCUT2D eigenvalue weighted by atomic mass is 9.74. The zero-order valence-corrected chi connectivity index (χ0v) is 8.47. The Balaban J connectivity index is 2.44. The van der Waals surface area contributed by atoms with Gasteiger partial charge in [-0.1, -0.05) is 6.92 Å². The predicted molar refractivity (Wildman–Crippen MR) is 51.7 cm³/mol. The molecule has 3 nitrogen and oxygen atoms in total. The zero-order valence-electron chi connectivity index (χ0n) is 8.47. The molecule has 13 heavy (non-hydrogen) atoms. The molecule has 1 saturated carbocycles. The van der Waals surface area contributed by atoms with Crippen molar-refractivity contribution in [2.24, 2.45) is 0 Å². The summed E-state index contributed by atoms with van der Waals surface area (Å²) in [5.41, 5.74) is -0.0821. The van der Waals surface area contributed by atoms with Gasteiger partial charge in [0.05, 0.1) is 6.42 Å². The van der Waals surface area contributed by atoms with E-state index in [-0.39, 0.29) is 12.0 Å². The Morgan fingerprint density at radius 2 is 2.23 bits per heavy atom. The molecule has 76 valence electrons. The number of rotatable bonds is 5. The first kappa shape index (κ1) is 10.5. The van der Waals surface area contributed by atoms with Crippen LogP contribution in [0.4, 0.5) is 0 Å². The Morgan fingerprint density at radius 1 is 1.62 bits per heavy atom. The lowest BCUT2D eigenvalue weighted by Gasteiger charge is -2.43. The second-order valence-electron chi connectivity index (χ2n) is 4.16. The topological polar surface area (TPSA) is 49.3 Å². The van der Waals surface area contributed by atoms with Gasteiger partial charge in [0.15, 0.2) is 0 Å². The number of carboxylic acids is 1. The third-order valence-corrected chi connectivity index (χ3v) is 2.97. The summed E-state index contributed by atoms with van der Waals surface area (Å²) in [5, 5.41) is 12.2. The highest BCUT2D eigenvalue weighted by Gasteiger charge is 2.39. The Labute approximate surface area is 79.5 Å². The van der Waals surface area contributed by atoms with E-state index in [1.54, 1.807) is 0 Å². The average molecular weight is 185 g/mol. The van der Waals surface area contributed by atoms with E-state index in [0.29, 0.717) is 6.04 Å². The second-order valence-corrected chi connectivity index (χ2v) is 4.16. The van der Waals surface area contributed by atoms with Crippen LogP contribution < -0.4 is 5.32 Å². The van der Waals surface area contributed by atoms with Crippen LogP contribution in [0.3, 0.4) is 0 Å². The SMILES string of the molecule is CCC(C)NC1(CC(=O)O)CCC1. The number of carboxylic acid groups (broad SMARTS) is 1. The number of nitrogens with one attached hydrogen (secondary N) is 1. The molecule has 1 fully saturated rings. The molecule has 0 radical (unpaired) electrons. The van der Waals surface area contributed by atoms with E-state index in [1.165, 1.54) is 0 Å². The van der Waals surface area contributed by atoms with E-state index in [0.717, 1.165) is 25.7 Å². The molecule has 1 atom stereocenters. The molecule has 0 aromatic rings. The minimum Gasteiger partial charge on any atom is -0.481 e. The monoisotopic (exact) mass is 185 g/mol. The van der Waals surface area contributed by atoms with Crippen LogP contribution >= 0.6 is 0 Å². The Morgan fingerprint density at radius 3 is 2.54 bits per heavy atom. The van der Waals surface area contributed by atoms with Gasteiger partial charge in [-0.15, -0.1) is 0 Å². The van der Waals surface area contributed by atoms with Crippen LogP contribution in [0.25, 0.3) is 0 Å². The summed E-state index contributed by atoms with van der Waals surface area (Å²) in [6.45, 7) is 4.23. The van der Waals surface area contributed by atoms with Gasteiger partial charge in [-0.05, 0) is 32.6 Å². The fourth-order valence-corrected chi connectivity index (χ4v) is 1.89. The van der Waals surface area contributed by atoms with E-state index in [4.69, 9.17) is 5.11 Å². The normalized spacial score (nSPS) is 22.0. The van der Waals surface area contributed by atoms with Crippen molar-refractivity contribution in [2.45, 2.75) is 57.5 Å². The molecule has 1 aliphatic carbocycles. The van der Waals surface area contributed by atoms with Gasteiger partial charge in [-0.25, -0.2) is 0 Å². The van der Waals surface area contributed by atoms with Gasteiger partial charge >= 0.3 is 5.97 Å². The van der Waals surface area contributed by atoms with E-state index in [1.807, 2.05) is 0 Å². The lowest BCUT2D eigenvalue weighted by molar-refractivity contribution is -0.139. The molecule has 0 aliphatic heterocycles. The highest BCUT2D eigenvalue weighted by molar-refractivity contribution is 5.68. The summed E-state index contributed by atoms with van der Waals surface area (Å²) in [7, 11) is 0. The summed E-state index contributed by atoms with van der Waals surface area (Å²) in [5.74, 6) is -0.685. The Bertz CT molecular complexity index is 187. The summed E-state index contributed by atoms with van der Waals surface area (Å²) < 4.78 is 0. The maximum Gasteiger partial charge on any atom is 0.305 e. The molecule has 0 spiro atoms.